The molecule has 1 amide bonds. The van der Waals surface area contributed by atoms with Gasteiger partial charge in [0.15, 0.2) is 5.96 Å². The fourth-order valence-corrected chi connectivity index (χ4v) is 2.01. The van der Waals surface area contributed by atoms with Crippen LogP contribution in [-0.4, -0.2) is 40.2 Å². The van der Waals surface area contributed by atoms with E-state index in [0.29, 0.717) is 31.3 Å². The Hall–Kier alpha value is -2.90. The molecule has 2 heterocycles. The number of amides is 1. The normalized spacial score (nSPS) is 11.2. The molecule has 0 saturated carbocycles. The topological polar surface area (TPSA) is 96.2 Å². The van der Waals surface area contributed by atoms with E-state index in [1.807, 2.05) is 26.1 Å². The van der Waals surface area contributed by atoms with Gasteiger partial charge in [0, 0.05) is 39.5 Å². The summed E-state index contributed by atoms with van der Waals surface area (Å²) in [5.74, 6) is 1.10. The molecule has 0 fully saturated rings. The fourth-order valence-electron chi connectivity index (χ4n) is 2.01. The molecule has 0 spiro atoms. The molecule has 0 bridgehead atoms. The second-order valence-corrected chi connectivity index (χ2v) is 5.32. The zero-order valence-electron chi connectivity index (χ0n) is 14.2. The fraction of sp³-hybridized carbons (Fsp3) is 0.375. The monoisotopic (exact) mass is 329 g/mol. The summed E-state index contributed by atoms with van der Waals surface area (Å²) >= 11 is 0. The predicted octanol–water partition coefficient (Wildman–Crippen LogP) is 0.817. The Balaban J connectivity index is 1.70. The summed E-state index contributed by atoms with van der Waals surface area (Å²) in [7, 11) is 3.57. The minimum atomic E-state index is -0.0964. The Morgan fingerprint density at radius 2 is 2.12 bits per heavy atom. The van der Waals surface area contributed by atoms with Crippen LogP contribution >= 0.6 is 0 Å². The van der Waals surface area contributed by atoms with E-state index in [9.17, 15) is 4.79 Å². The van der Waals surface area contributed by atoms with E-state index in [1.54, 1.807) is 30.2 Å². The van der Waals surface area contributed by atoms with Gasteiger partial charge in [-0.05, 0) is 24.6 Å². The van der Waals surface area contributed by atoms with Gasteiger partial charge in [0.2, 0.25) is 5.91 Å². The van der Waals surface area contributed by atoms with Crippen molar-refractivity contribution in [2.24, 2.45) is 12.0 Å². The average molecular weight is 329 g/mol. The molecule has 0 aliphatic heterocycles. The predicted molar refractivity (Wildman–Crippen MR) is 93.6 cm³/mol. The van der Waals surface area contributed by atoms with Crippen molar-refractivity contribution in [1.82, 2.24) is 25.4 Å². The SMILES string of the molecule is CN=C(NCCC(=O)Nc1ccc(C)cn1)NCc1ccnn1C. The van der Waals surface area contributed by atoms with Crippen LogP contribution in [0.15, 0.2) is 35.6 Å². The van der Waals surface area contributed by atoms with Gasteiger partial charge in [-0.3, -0.25) is 14.5 Å². The molecule has 0 radical (unpaired) electrons. The van der Waals surface area contributed by atoms with Gasteiger partial charge in [-0.1, -0.05) is 6.07 Å². The lowest BCUT2D eigenvalue weighted by atomic mass is 10.3. The molecule has 24 heavy (non-hydrogen) atoms. The first kappa shape index (κ1) is 17.5. The standard InChI is InChI=1S/C16H23N7O/c1-12-4-5-14(19-10-12)22-15(24)7-8-18-16(17-2)20-11-13-6-9-21-23(13)3/h4-6,9-10H,7-8,11H2,1-3H3,(H2,17,18,20)(H,19,22,24). The maximum absolute atomic E-state index is 11.9. The molecule has 0 aromatic carbocycles. The number of carbonyl (C=O) groups excluding carboxylic acids is 1. The molecular weight excluding hydrogens is 306 g/mol. The number of rotatable bonds is 6. The third-order valence-corrected chi connectivity index (χ3v) is 3.41. The van der Waals surface area contributed by atoms with E-state index >= 15 is 0 Å². The Morgan fingerprint density at radius 1 is 1.29 bits per heavy atom. The number of hydrogen-bond donors (Lipinski definition) is 3. The summed E-state index contributed by atoms with van der Waals surface area (Å²) in [6.07, 6.45) is 3.79. The van der Waals surface area contributed by atoms with E-state index in [0.717, 1.165) is 11.3 Å². The minimum absolute atomic E-state index is 0.0964. The number of aromatic nitrogens is 3. The molecule has 0 saturated heterocycles. The Labute approximate surface area is 141 Å². The van der Waals surface area contributed by atoms with Crippen LogP contribution in [0.4, 0.5) is 5.82 Å². The number of aliphatic imine (C=N–C) groups is 1. The molecule has 128 valence electrons. The largest absolute Gasteiger partial charge is 0.356 e. The lowest BCUT2D eigenvalue weighted by Gasteiger charge is -2.12. The van der Waals surface area contributed by atoms with E-state index < -0.39 is 0 Å². The van der Waals surface area contributed by atoms with Crippen molar-refractivity contribution in [3.05, 3.63) is 41.9 Å². The van der Waals surface area contributed by atoms with Gasteiger partial charge in [-0.15, -0.1) is 0 Å². The van der Waals surface area contributed by atoms with Gasteiger partial charge < -0.3 is 16.0 Å². The molecule has 0 aliphatic carbocycles. The van der Waals surface area contributed by atoms with Gasteiger partial charge in [0.05, 0.1) is 12.2 Å². The number of nitrogens with zero attached hydrogens (tertiary/aromatic N) is 4. The van der Waals surface area contributed by atoms with E-state index in [4.69, 9.17) is 0 Å². The highest BCUT2D eigenvalue weighted by Gasteiger charge is 2.05. The summed E-state index contributed by atoms with van der Waals surface area (Å²) in [6, 6.07) is 5.63. The summed E-state index contributed by atoms with van der Waals surface area (Å²) in [5, 5.41) is 13.2. The van der Waals surface area contributed by atoms with Crippen molar-refractivity contribution in [1.29, 1.82) is 0 Å². The summed E-state index contributed by atoms with van der Waals surface area (Å²) in [4.78, 5) is 20.2. The van der Waals surface area contributed by atoms with Gasteiger partial charge in [0.25, 0.3) is 0 Å². The van der Waals surface area contributed by atoms with Gasteiger partial charge >= 0.3 is 0 Å². The van der Waals surface area contributed by atoms with Crippen molar-refractivity contribution >= 4 is 17.7 Å². The molecule has 0 aliphatic rings. The van der Waals surface area contributed by atoms with Gasteiger partial charge in [-0.2, -0.15) is 5.10 Å². The van der Waals surface area contributed by atoms with E-state index in [1.165, 1.54) is 0 Å². The van der Waals surface area contributed by atoms with Crippen molar-refractivity contribution < 1.29 is 4.79 Å². The minimum Gasteiger partial charge on any atom is -0.356 e. The van der Waals surface area contributed by atoms with Crippen LogP contribution in [0.2, 0.25) is 0 Å². The van der Waals surface area contributed by atoms with Crippen LogP contribution in [0.5, 0.6) is 0 Å². The summed E-state index contributed by atoms with van der Waals surface area (Å²) < 4.78 is 1.79. The average Bonchev–Trinajstić information content (AvgIpc) is 2.98. The zero-order chi connectivity index (χ0) is 17.4. The molecule has 8 nitrogen and oxygen atoms in total. The highest BCUT2D eigenvalue weighted by Crippen LogP contribution is 2.03. The first-order valence-corrected chi connectivity index (χ1v) is 7.72. The molecule has 8 heteroatoms. The third-order valence-electron chi connectivity index (χ3n) is 3.41. The molecular formula is C16H23N7O. The number of pyridine rings is 1. The first-order chi connectivity index (χ1) is 11.6. The summed E-state index contributed by atoms with van der Waals surface area (Å²) in [5.41, 5.74) is 2.10. The van der Waals surface area contributed by atoms with Crippen molar-refractivity contribution in [3.63, 3.8) is 0 Å². The number of anilines is 1. The number of nitrogens with one attached hydrogen (secondary N) is 3. The molecule has 3 N–H and O–H groups in total. The Kier molecular flexibility index (Phi) is 6.30. The highest BCUT2D eigenvalue weighted by molar-refractivity contribution is 5.90. The lowest BCUT2D eigenvalue weighted by Crippen LogP contribution is -2.38. The molecule has 0 atom stereocenters. The maximum atomic E-state index is 11.9. The summed E-state index contributed by atoms with van der Waals surface area (Å²) in [6.45, 7) is 3.03. The van der Waals surface area contributed by atoms with Crippen molar-refractivity contribution in [2.75, 3.05) is 18.9 Å². The third kappa shape index (κ3) is 5.38. The van der Waals surface area contributed by atoms with Crippen LogP contribution in [0.3, 0.4) is 0 Å². The number of aryl methyl sites for hydroxylation is 2. The maximum Gasteiger partial charge on any atom is 0.227 e. The number of hydrogen-bond acceptors (Lipinski definition) is 4. The van der Waals surface area contributed by atoms with Crippen molar-refractivity contribution in [2.45, 2.75) is 19.9 Å². The Bertz CT molecular complexity index is 691. The second kappa shape index (κ2) is 8.66. The number of guanidine groups is 1. The van der Waals surface area contributed by atoms with Crippen LogP contribution in [0.25, 0.3) is 0 Å². The molecule has 0 unspecified atom stereocenters. The zero-order valence-corrected chi connectivity index (χ0v) is 14.2. The molecule has 2 aromatic heterocycles. The quantitative estimate of drug-likeness (QED) is 0.538. The molecule has 2 rings (SSSR count). The van der Waals surface area contributed by atoms with Crippen LogP contribution in [0.1, 0.15) is 17.7 Å². The van der Waals surface area contributed by atoms with Crippen molar-refractivity contribution in [3.8, 4) is 0 Å². The smallest absolute Gasteiger partial charge is 0.227 e. The first-order valence-electron chi connectivity index (χ1n) is 7.72. The van der Waals surface area contributed by atoms with Crippen LogP contribution < -0.4 is 16.0 Å². The second-order valence-electron chi connectivity index (χ2n) is 5.32. The molecule has 2 aromatic rings. The van der Waals surface area contributed by atoms with Crippen LogP contribution in [-0.2, 0) is 18.4 Å². The van der Waals surface area contributed by atoms with E-state index in [2.05, 4.69) is 31.0 Å². The Morgan fingerprint density at radius 3 is 2.75 bits per heavy atom. The van der Waals surface area contributed by atoms with Gasteiger partial charge in [0.1, 0.15) is 5.82 Å². The van der Waals surface area contributed by atoms with Crippen LogP contribution in [0, 0.1) is 6.92 Å². The van der Waals surface area contributed by atoms with Gasteiger partial charge in [-0.25, -0.2) is 4.98 Å². The van der Waals surface area contributed by atoms with E-state index in [-0.39, 0.29) is 5.91 Å². The lowest BCUT2D eigenvalue weighted by molar-refractivity contribution is -0.116. The highest BCUT2D eigenvalue weighted by atomic mass is 16.1. The number of carbonyl (C=O) groups is 1.